The molecule has 2 aliphatic heterocycles. The van der Waals surface area contributed by atoms with Crippen molar-refractivity contribution < 1.29 is 14.4 Å². The summed E-state index contributed by atoms with van der Waals surface area (Å²) in [6.07, 6.45) is 0. The topological polar surface area (TPSA) is 88.5 Å². The third-order valence-corrected chi connectivity index (χ3v) is 10.2. The van der Waals surface area contributed by atoms with Crippen LogP contribution in [0.4, 0.5) is 11.4 Å². The van der Waals surface area contributed by atoms with Crippen LogP contribution in [0.3, 0.4) is 0 Å². The number of carbonyl (C=O) groups is 3. The van der Waals surface area contributed by atoms with E-state index in [-0.39, 0.29) is 29.1 Å². The molecule has 0 spiro atoms. The molecular weight excluding hydrogens is 555 g/mol. The van der Waals surface area contributed by atoms with Gasteiger partial charge in [-0.05, 0) is 29.1 Å². The van der Waals surface area contributed by atoms with E-state index in [0.717, 1.165) is 27.7 Å². The fourth-order valence-corrected chi connectivity index (χ4v) is 8.55. The van der Waals surface area contributed by atoms with Crippen LogP contribution in [0.5, 0.6) is 0 Å². The molecule has 202 valence electrons. The number of rotatable bonds is 5. The fraction of sp³-hybridized carbons (Fsp3) is 0.125. The van der Waals surface area contributed by atoms with E-state index >= 15 is 0 Å². The zero-order valence-electron chi connectivity index (χ0n) is 21.6. The van der Waals surface area contributed by atoms with E-state index in [9.17, 15) is 19.2 Å². The largest absolute Gasteiger partial charge is 0.324 e. The minimum absolute atomic E-state index is 0.204. The summed E-state index contributed by atoms with van der Waals surface area (Å²) in [6, 6.07) is 31.9. The molecule has 0 aliphatic carbocycles. The van der Waals surface area contributed by atoms with Crippen LogP contribution in [0.15, 0.2) is 113 Å². The van der Waals surface area contributed by atoms with Gasteiger partial charge in [0.1, 0.15) is 11.8 Å². The first-order chi connectivity index (χ1) is 20.0. The number of imide groups is 1. The summed E-state index contributed by atoms with van der Waals surface area (Å²) in [7, 11) is 0. The van der Waals surface area contributed by atoms with Gasteiger partial charge in [-0.25, -0.2) is 4.90 Å². The molecule has 7 rings (SSSR count). The second-order valence-corrected chi connectivity index (χ2v) is 12.1. The average Bonchev–Trinajstić information content (AvgIpc) is 3.44. The van der Waals surface area contributed by atoms with Crippen LogP contribution in [0.2, 0.25) is 0 Å². The number of fused-ring (bicyclic) bond motifs is 3. The van der Waals surface area contributed by atoms with E-state index in [2.05, 4.69) is 5.32 Å². The van der Waals surface area contributed by atoms with E-state index in [0.29, 0.717) is 21.3 Å². The van der Waals surface area contributed by atoms with Crippen molar-refractivity contribution in [3.63, 3.8) is 0 Å². The number of hydrogen-bond donors (Lipinski definition) is 1. The Morgan fingerprint density at radius 3 is 2.24 bits per heavy atom. The average molecular weight is 578 g/mol. The Kier molecular flexibility index (Phi) is 6.33. The van der Waals surface area contributed by atoms with Crippen LogP contribution < -0.4 is 15.1 Å². The van der Waals surface area contributed by atoms with E-state index in [1.54, 1.807) is 24.3 Å². The van der Waals surface area contributed by atoms with Crippen molar-refractivity contribution in [2.75, 3.05) is 10.2 Å². The first-order valence-corrected chi connectivity index (χ1v) is 14.9. The van der Waals surface area contributed by atoms with Crippen LogP contribution in [0, 0.1) is 5.92 Å². The van der Waals surface area contributed by atoms with Gasteiger partial charge in [-0.2, -0.15) is 0 Å². The van der Waals surface area contributed by atoms with Crippen LogP contribution in [0.25, 0.3) is 10.8 Å². The van der Waals surface area contributed by atoms with Crippen LogP contribution in [-0.4, -0.2) is 27.5 Å². The lowest BCUT2D eigenvalue weighted by Crippen LogP contribution is -2.33. The Bertz CT molecular complexity index is 1880. The Morgan fingerprint density at radius 2 is 1.46 bits per heavy atom. The first-order valence-electron chi connectivity index (χ1n) is 13.2. The van der Waals surface area contributed by atoms with Crippen molar-refractivity contribution in [1.29, 1.82) is 0 Å². The molecule has 3 heterocycles. The van der Waals surface area contributed by atoms with Gasteiger partial charge in [0.15, 0.2) is 0 Å². The molecule has 4 aromatic carbocycles. The summed E-state index contributed by atoms with van der Waals surface area (Å²) in [4.78, 5) is 56.0. The number of thiazole rings is 1. The molecule has 3 atom stereocenters. The van der Waals surface area contributed by atoms with Crippen molar-refractivity contribution in [3.8, 4) is 0 Å². The number of carbonyl (C=O) groups excluding carboxylic acids is 3. The van der Waals surface area contributed by atoms with Gasteiger partial charge in [-0.1, -0.05) is 108 Å². The highest BCUT2D eigenvalue weighted by molar-refractivity contribution is 8.00. The Labute approximate surface area is 243 Å². The maximum Gasteiger partial charge on any atom is 0.308 e. The Morgan fingerprint density at radius 1 is 0.780 bits per heavy atom. The van der Waals surface area contributed by atoms with E-state index < -0.39 is 17.1 Å². The molecular formula is C32H23N3O4S2. The lowest BCUT2D eigenvalue weighted by molar-refractivity contribution is -0.122. The number of nitrogens with zero attached hydrogens (tertiary/aromatic N) is 2. The predicted octanol–water partition coefficient (Wildman–Crippen LogP) is 5.50. The minimum Gasteiger partial charge on any atom is -0.324 e. The summed E-state index contributed by atoms with van der Waals surface area (Å²) in [5.74, 6) is -2.09. The van der Waals surface area contributed by atoms with Crippen molar-refractivity contribution in [3.05, 3.63) is 123 Å². The summed E-state index contributed by atoms with van der Waals surface area (Å²) in [5.41, 5.74) is 2.04. The van der Waals surface area contributed by atoms with Gasteiger partial charge in [0.2, 0.25) is 17.7 Å². The molecule has 2 aliphatic rings. The maximum absolute atomic E-state index is 13.9. The van der Waals surface area contributed by atoms with Gasteiger partial charge >= 0.3 is 4.87 Å². The lowest BCUT2D eigenvalue weighted by Gasteiger charge is -2.30. The molecule has 9 heteroatoms. The molecule has 0 bridgehead atoms. The molecule has 1 aromatic heterocycles. The minimum atomic E-state index is -0.721. The zero-order chi connectivity index (χ0) is 28.1. The van der Waals surface area contributed by atoms with Crippen molar-refractivity contribution >= 4 is 63.0 Å². The number of nitrogens with one attached hydrogen (secondary N) is 1. The number of aromatic nitrogens is 1. The summed E-state index contributed by atoms with van der Waals surface area (Å²) < 4.78 is 1.44. The number of anilines is 2. The zero-order valence-corrected chi connectivity index (χ0v) is 23.2. The number of hydrogen-bond acceptors (Lipinski definition) is 6. The van der Waals surface area contributed by atoms with Gasteiger partial charge in [-0.15, -0.1) is 0 Å². The predicted molar refractivity (Wildman–Crippen MR) is 162 cm³/mol. The van der Waals surface area contributed by atoms with Crippen LogP contribution in [0.1, 0.15) is 16.4 Å². The normalized spacial score (nSPS) is 19.7. The Balaban J connectivity index is 1.27. The second-order valence-electron chi connectivity index (χ2n) is 10.00. The van der Waals surface area contributed by atoms with Crippen LogP contribution >= 0.6 is 23.1 Å². The van der Waals surface area contributed by atoms with Gasteiger partial charge in [0.25, 0.3) is 0 Å². The standard InChI is InChI=1S/C32H23N3O4S2/c36-24(33-23-17-9-13-19-10-7-8-16-22(19)23)18-34-31-28(41-32(34)39)25(20-11-3-1-4-12-20)26-27(40-31)30(38)35(29(26)37)21-14-5-2-6-15-21/h1-17,25-27H,18H2,(H,33,36). The third kappa shape index (κ3) is 4.29. The van der Waals surface area contributed by atoms with Gasteiger partial charge in [0, 0.05) is 21.9 Å². The fourth-order valence-electron chi connectivity index (χ4n) is 5.77. The first kappa shape index (κ1) is 25.5. The van der Waals surface area contributed by atoms with Crippen LogP contribution in [-0.2, 0) is 20.9 Å². The SMILES string of the molecule is O=C(Cn1c2c(sc1=O)C(c1ccccc1)C1C(=O)N(c3ccccc3)C(=O)C1S2)Nc1cccc2ccccc12. The monoisotopic (exact) mass is 577 g/mol. The lowest BCUT2D eigenvalue weighted by atomic mass is 9.83. The number of amides is 3. The van der Waals surface area contributed by atoms with Gasteiger partial charge in [0.05, 0.1) is 16.6 Å². The molecule has 1 N–H and O–H groups in total. The van der Waals surface area contributed by atoms with Crippen molar-refractivity contribution in [2.24, 2.45) is 5.92 Å². The highest BCUT2D eigenvalue weighted by Crippen LogP contribution is 2.53. The summed E-state index contributed by atoms with van der Waals surface area (Å²) in [6.45, 7) is -0.204. The smallest absolute Gasteiger partial charge is 0.308 e. The van der Waals surface area contributed by atoms with Crippen molar-refractivity contribution in [2.45, 2.75) is 22.7 Å². The molecule has 1 saturated heterocycles. The molecule has 0 saturated carbocycles. The molecule has 41 heavy (non-hydrogen) atoms. The third-order valence-electron chi connectivity index (χ3n) is 7.59. The van der Waals surface area contributed by atoms with Gasteiger partial charge < -0.3 is 5.32 Å². The number of benzene rings is 4. The van der Waals surface area contributed by atoms with E-state index in [1.807, 2.05) is 78.9 Å². The molecule has 5 aromatic rings. The maximum atomic E-state index is 13.9. The second kappa shape index (κ2) is 10.2. The molecule has 1 fully saturated rings. The van der Waals surface area contributed by atoms with E-state index in [4.69, 9.17) is 0 Å². The summed E-state index contributed by atoms with van der Waals surface area (Å²) in [5, 5.41) is 4.71. The molecule has 3 amide bonds. The van der Waals surface area contributed by atoms with Crippen molar-refractivity contribution in [1.82, 2.24) is 4.57 Å². The summed E-state index contributed by atoms with van der Waals surface area (Å²) >= 11 is 2.26. The molecule has 3 unspecified atom stereocenters. The highest BCUT2D eigenvalue weighted by Gasteiger charge is 2.56. The van der Waals surface area contributed by atoms with Gasteiger partial charge in [-0.3, -0.25) is 23.7 Å². The highest BCUT2D eigenvalue weighted by atomic mass is 32.2. The molecule has 0 radical (unpaired) electrons. The quantitative estimate of drug-likeness (QED) is 0.279. The number of para-hydroxylation sites is 1. The Hall–Kier alpha value is -4.47. The molecule has 7 nitrogen and oxygen atoms in total. The van der Waals surface area contributed by atoms with E-state index in [1.165, 1.54) is 21.2 Å². The number of thioether (sulfide) groups is 1.